The molecule has 2 rings (SSSR count). The van der Waals surface area contributed by atoms with E-state index >= 15 is 0 Å². The molecule has 0 aromatic rings. The number of rotatable bonds is 2. The zero-order valence-corrected chi connectivity index (χ0v) is 12.2. The van der Waals surface area contributed by atoms with Crippen LogP contribution in [0.5, 0.6) is 0 Å². The molecular weight excluding hydrogens is 278 g/mol. The van der Waals surface area contributed by atoms with Gasteiger partial charge in [0.2, 0.25) is 0 Å². The minimum absolute atomic E-state index is 0.247. The van der Waals surface area contributed by atoms with Crippen molar-refractivity contribution in [3.63, 3.8) is 0 Å². The summed E-state index contributed by atoms with van der Waals surface area (Å²) in [6.07, 6.45) is 0.851. The summed E-state index contributed by atoms with van der Waals surface area (Å²) in [6.45, 7) is 4.18. The highest BCUT2D eigenvalue weighted by Crippen LogP contribution is 2.20. The number of aliphatic carboxylic acids is 1. The molecular formula is C13H21N3O5. The summed E-state index contributed by atoms with van der Waals surface area (Å²) in [7, 11) is 0. The van der Waals surface area contributed by atoms with Crippen LogP contribution in [0.4, 0.5) is 9.59 Å². The number of hydrogen-bond acceptors (Lipinski definition) is 4. The van der Waals surface area contributed by atoms with Gasteiger partial charge in [-0.25, -0.2) is 14.4 Å². The molecule has 0 unspecified atom stereocenters. The normalized spacial score (nSPS) is 22.3. The van der Waals surface area contributed by atoms with E-state index in [2.05, 4.69) is 0 Å². The summed E-state index contributed by atoms with van der Waals surface area (Å²) in [5.41, 5.74) is 0. The quantitative estimate of drug-likeness (QED) is 0.798. The molecule has 0 spiro atoms. The molecule has 0 bridgehead atoms. The molecule has 0 aromatic heterocycles. The minimum atomic E-state index is -0.953. The molecule has 3 amide bonds. The van der Waals surface area contributed by atoms with E-state index in [1.165, 1.54) is 4.90 Å². The number of likely N-dealkylation sites (tertiary alicyclic amines) is 1. The van der Waals surface area contributed by atoms with Crippen LogP contribution in [0.25, 0.3) is 0 Å². The van der Waals surface area contributed by atoms with Gasteiger partial charge in [0.05, 0.1) is 6.61 Å². The number of carboxylic acids is 1. The van der Waals surface area contributed by atoms with Gasteiger partial charge in [0.1, 0.15) is 6.04 Å². The zero-order valence-electron chi connectivity index (χ0n) is 12.2. The predicted octanol–water partition coefficient (Wildman–Crippen LogP) is 0.430. The van der Waals surface area contributed by atoms with E-state index in [-0.39, 0.29) is 12.1 Å². The van der Waals surface area contributed by atoms with Crippen molar-refractivity contribution in [1.29, 1.82) is 0 Å². The fraction of sp³-hybridized carbons (Fsp3) is 0.769. The van der Waals surface area contributed by atoms with Crippen LogP contribution < -0.4 is 0 Å². The Balaban J connectivity index is 1.88. The van der Waals surface area contributed by atoms with Crippen LogP contribution >= 0.6 is 0 Å². The number of carboxylic acid groups (broad SMARTS) is 1. The average Bonchev–Trinajstić information content (AvgIpc) is 2.96. The van der Waals surface area contributed by atoms with Gasteiger partial charge < -0.3 is 24.5 Å². The van der Waals surface area contributed by atoms with Crippen LogP contribution in [0.15, 0.2) is 0 Å². The van der Waals surface area contributed by atoms with Crippen molar-refractivity contribution in [2.45, 2.75) is 25.8 Å². The highest BCUT2D eigenvalue weighted by Gasteiger charge is 2.37. The van der Waals surface area contributed by atoms with Gasteiger partial charge in [-0.05, 0) is 19.8 Å². The fourth-order valence-electron chi connectivity index (χ4n) is 2.73. The molecule has 2 fully saturated rings. The maximum Gasteiger partial charge on any atom is 0.409 e. The summed E-state index contributed by atoms with van der Waals surface area (Å²) in [5, 5.41) is 9.12. The topological polar surface area (TPSA) is 90.4 Å². The molecule has 0 radical (unpaired) electrons. The van der Waals surface area contributed by atoms with E-state index < -0.39 is 12.0 Å². The monoisotopic (exact) mass is 299 g/mol. The van der Waals surface area contributed by atoms with Crippen LogP contribution in [-0.2, 0) is 9.53 Å². The standard InChI is InChI=1S/C13H21N3O5/c1-2-21-13(20)15-8-6-14(7-9-15)12(19)16-5-3-4-10(16)11(17)18/h10H,2-9H2,1H3,(H,17,18)/t10-/m0/s1. The Hall–Kier alpha value is -1.99. The molecule has 21 heavy (non-hydrogen) atoms. The Labute approximate surface area is 123 Å². The molecule has 2 heterocycles. The molecule has 8 nitrogen and oxygen atoms in total. The van der Waals surface area contributed by atoms with Crippen LogP contribution in [0.2, 0.25) is 0 Å². The van der Waals surface area contributed by atoms with Gasteiger partial charge in [0, 0.05) is 32.7 Å². The number of carbonyl (C=O) groups is 3. The summed E-state index contributed by atoms with van der Waals surface area (Å²) in [5.74, 6) is -0.953. The highest BCUT2D eigenvalue weighted by molar-refractivity contribution is 5.83. The summed E-state index contributed by atoms with van der Waals surface area (Å²) in [6, 6.07) is -0.969. The molecule has 0 aromatic carbocycles. The van der Waals surface area contributed by atoms with E-state index in [1.54, 1.807) is 16.7 Å². The Kier molecular flexibility index (Phi) is 4.87. The van der Waals surface area contributed by atoms with Gasteiger partial charge in [-0.1, -0.05) is 0 Å². The molecule has 0 aliphatic carbocycles. The lowest BCUT2D eigenvalue weighted by Crippen LogP contribution is -2.55. The van der Waals surface area contributed by atoms with E-state index in [1.807, 2.05) is 0 Å². The molecule has 1 N–H and O–H groups in total. The van der Waals surface area contributed by atoms with E-state index in [0.717, 1.165) is 0 Å². The zero-order chi connectivity index (χ0) is 15.4. The molecule has 2 aliphatic heterocycles. The third kappa shape index (κ3) is 3.37. The summed E-state index contributed by atoms with van der Waals surface area (Å²) in [4.78, 5) is 39.7. The molecule has 0 saturated carbocycles. The number of piperazine rings is 1. The van der Waals surface area contributed by atoms with Crippen molar-refractivity contribution in [3.05, 3.63) is 0 Å². The van der Waals surface area contributed by atoms with Crippen LogP contribution in [0, 0.1) is 0 Å². The molecule has 8 heteroatoms. The number of carbonyl (C=O) groups excluding carboxylic acids is 2. The Bertz CT molecular complexity index is 420. The first kappa shape index (κ1) is 15.4. The third-order valence-corrected chi connectivity index (χ3v) is 3.86. The van der Waals surface area contributed by atoms with Gasteiger partial charge in [-0.2, -0.15) is 0 Å². The first-order valence-electron chi connectivity index (χ1n) is 7.24. The molecule has 1 atom stereocenters. The smallest absolute Gasteiger partial charge is 0.409 e. The van der Waals surface area contributed by atoms with Gasteiger partial charge in [0.25, 0.3) is 0 Å². The summed E-state index contributed by atoms with van der Waals surface area (Å²) < 4.78 is 4.92. The fourth-order valence-corrected chi connectivity index (χ4v) is 2.73. The van der Waals surface area contributed by atoms with Gasteiger partial charge in [0.15, 0.2) is 0 Å². The average molecular weight is 299 g/mol. The number of hydrogen-bond donors (Lipinski definition) is 1. The van der Waals surface area contributed by atoms with Gasteiger partial charge in [-0.3, -0.25) is 0 Å². The second-order valence-electron chi connectivity index (χ2n) is 5.15. The highest BCUT2D eigenvalue weighted by atomic mass is 16.6. The summed E-state index contributed by atoms with van der Waals surface area (Å²) >= 11 is 0. The lowest BCUT2D eigenvalue weighted by Gasteiger charge is -2.36. The maximum absolute atomic E-state index is 12.4. The van der Waals surface area contributed by atoms with E-state index in [4.69, 9.17) is 9.84 Å². The molecule has 118 valence electrons. The number of amides is 3. The third-order valence-electron chi connectivity index (χ3n) is 3.86. The second-order valence-corrected chi connectivity index (χ2v) is 5.15. The Morgan fingerprint density at radius 1 is 1.10 bits per heavy atom. The SMILES string of the molecule is CCOC(=O)N1CCN(C(=O)N2CCC[C@H]2C(=O)O)CC1. The maximum atomic E-state index is 12.4. The number of nitrogens with zero attached hydrogens (tertiary/aromatic N) is 3. The molecule has 2 aliphatic rings. The first-order chi connectivity index (χ1) is 10.0. The second kappa shape index (κ2) is 6.64. The van der Waals surface area contributed by atoms with Crippen LogP contribution in [0.1, 0.15) is 19.8 Å². The van der Waals surface area contributed by atoms with E-state index in [9.17, 15) is 14.4 Å². The van der Waals surface area contributed by atoms with Gasteiger partial charge >= 0.3 is 18.1 Å². The van der Waals surface area contributed by atoms with Crippen LogP contribution in [-0.4, -0.2) is 83.3 Å². The van der Waals surface area contributed by atoms with Crippen molar-refractivity contribution in [2.24, 2.45) is 0 Å². The Morgan fingerprint density at radius 3 is 2.29 bits per heavy atom. The predicted molar refractivity (Wildman–Crippen MR) is 72.9 cm³/mol. The largest absolute Gasteiger partial charge is 0.480 e. The minimum Gasteiger partial charge on any atom is -0.480 e. The van der Waals surface area contributed by atoms with Crippen molar-refractivity contribution in [2.75, 3.05) is 39.3 Å². The Morgan fingerprint density at radius 2 is 1.71 bits per heavy atom. The van der Waals surface area contributed by atoms with Gasteiger partial charge in [-0.15, -0.1) is 0 Å². The molecule has 2 saturated heterocycles. The van der Waals surface area contributed by atoms with Crippen molar-refractivity contribution < 1.29 is 24.2 Å². The van der Waals surface area contributed by atoms with Crippen molar-refractivity contribution >= 4 is 18.1 Å². The van der Waals surface area contributed by atoms with Crippen molar-refractivity contribution in [3.8, 4) is 0 Å². The lowest BCUT2D eigenvalue weighted by atomic mass is 10.2. The first-order valence-corrected chi connectivity index (χ1v) is 7.24. The number of urea groups is 1. The lowest BCUT2D eigenvalue weighted by molar-refractivity contribution is -0.141. The number of ether oxygens (including phenoxy) is 1. The van der Waals surface area contributed by atoms with E-state index in [0.29, 0.717) is 52.2 Å². The van der Waals surface area contributed by atoms with Crippen molar-refractivity contribution in [1.82, 2.24) is 14.7 Å². The van der Waals surface area contributed by atoms with Crippen LogP contribution in [0.3, 0.4) is 0 Å².